The minimum absolute atomic E-state index is 0.238. The topological polar surface area (TPSA) is 95.1 Å². The van der Waals surface area contributed by atoms with Crippen molar-refractivity contribution in [1.29, 1.82) is 0 Å². The standard InChI is InChI=1S/C22H23ClFNO5S/c1-2-11-3-5-12(6-4-11)31-16-9-25(18-13(23)7-8-14(24)17(16)18)22-21(29)20(28)19(27)15(10-26)30-22/h3-9,15,19-22,26-29H,2,10H2,1H3/t15-,19-,20+,21-,22-/m1/s1. The van der Waals surface area contributed by atoms with E-state index in [1.54, 1.807) is 6.20 Å². The number of halogens is 2. The van der Waals surface area contributed by atoms with Crippen molar-refractivity contribution in [2.45, 2.75) is 53.8 Å². The predicted octanol–water partition coefficient (Wildman–Crippen LogP) is 3.12. The van der Waals surface area contributed by atoms with E-state index in [1.807, 2.05) is 24.3 Å². The molecule has 31 heavy (non-hydrogen) atoms. The molecule has 2 aromatic carbocycles. The summed E-state index contributed by atoms with van der Waals surface area (Å²) in [6, 6.07) is 10.6. The first kappa shape index (κ1) is 22.5. The van der Waals surface area contributed by atoms with Crippen LogP contribution in [-0.4, -0.2) is 56.0 Å². The van der Waals surface area contributed by atoms with Crippen LogP contribution in [0.1, 0.15) is 18.7 Å². The first-order valence-corrected chi connectivity index (χ1v) is 11.1. The summed E-state index contributed by atoms with van der Waals surface area (Å²) in [6.45, 7) is 1.50. The summed E-state index contributed by atoms with van der Waals surface area (Å²) in [5.41, 5.74) is 1.47. The molecule has 0 unspecified atom stereocenters. The van der Waals surface area contributed by atoms with E-state index < -0.39 is 43.1 Å². The Morgan fingerprint density at radius 3 is 2.42 bits per heavy atom. The summed E-state index contributed by atoms with van der Waals surface area (Å²) in [4.78, 5) is 1.45. The molecule has 5 atom stereocenters. The van der Waals surface area contributed by atoms with Crippen molar-refractivity contribution in [2.75, 3.05) is 6.61 Å². The third-order valence-electron chi connectivity index (χ3n) is 5.54. The highest BCUT2D eigenvalue weighted by molar-refractivity contribution is 7.99. The van der Waals surface area contributed by atoms with Gasteiger partial charge in [-0.05, 0) is 36.2 Å². The number of aliphatic hydroxyl groups is 4. The number of hydrogen-bond acceptors (Lipinski definition) is 6. The second kappa shape index (κ2) is 9.07. The molecule has 0 spiro atoms. The molecule has 0 amide bonds. The number of aryl methyl sites for hydroxylation is 1. The van der Waals surface area contributed by atoms with E-state index in [9.17, 15) is 24.8 Å². The van der Waals surface area contributed by atoms with Gasteiger partial charge in [-0.3, -0.25) is 0 Å². The molecule has 6 nitrogen and oxygen atoms in total. The molecule has 1 saturated heterocycles. The van der Waals surface area contributed by atoms with Gasteiger partial charge in [0.05, 0.1) is 22.5 Å². The largest absolute Gasteiger partial charge is 0.394 e. The van der Waals surface area contributed by atoms with Crippen molar-refractivity contribution in [2.24, 2.45) is 0 Å². The maximum atomic E-state index is 14.9. The van der Waals surface area contributed by atoms with Crippen molar-refractivity contribution >= 4 is 34.3 Å². The Morgan fingerprint density at radius 2 is 1.77 bits per heavy atom. The molecule has 166 valence electrons. The first-order chi connectivity index (χ1) is 14.8. The van der Waals surface area contributed by atoms with Crippen molar-refractivity contribution < 1.29 is 29.6 Å². The maximum absolute atomic E-state index is 14.9. The van der Waals surface area contributed by atoms with E-state index >= 15 is 0 Å². The van der Waals surface area contributed by atoms with Gasteiger partial charge in [0.25, 0.3) is 0 Å². The number of hydrogen-bond donors (Lipinski definition) is 4. The van der Waals surface area contributed by atoms with Gasteiger partial charge in [0.15, 0.2) is 6.23 Å². The van der Waals surface area contributed by atoms with Crippen LogP contribution in [-0.2, 0) is 11.2 Å². The van der Waals surface area contributed by atoms with Gasteiger partial charge in [0, 0.05) is 16.0 Å². The minimum Gasteiger partial charge on any atom is -0.394 e. The lowest BCUT2D eigenvalue weighted by Gasteiger charge is -2.40. The number of fused-ring (bicyclic) bond motifs is 1. The molecule has 9 heteroatoms. The van der Waals surface area contributed by atoms with Crippen LogP contribution < -0.4 is 0 Å². The monoisotopic (exact) mass is 467 g/mol. The van der Waals surface area contributed by atoms with Gasteiger partial charge in [-0.15, -0.1) is 0 Å². The van der Waals surface area contributed by atoms with E-state index in [-0.39, 0.29) is 10.4 Å². The van der Waals surface area contributed by atoms with Crippen molar-refractivity contribution in [3.63, 3.8) is 0 Å². The number of aromatic nitrogens is 1. The summed E-state index contributed by atoms with van der Waals surface area (Å²) >= 11 is 7.73. The highest BCUT2D eigenvalue weighted by atomic mass is 35.5. The highest BCUT2D eigenvalue weighted by Gasteiger charge is 2.44. The predicted molar refractivity (Wildman–Crippen MR) is 116 cm³/mol. The fraction of sp³-hybridized carbons (Fsp3) is 0.364. The Bertz CT molecular complexity index is 1070. The fourth-order valence-electron chi connectivity index (χ4n) is 3.79. The summed E-state index contributed by atoms with van der Waals surface area (Å²) in [6.07, 6.45) is -4.33. The molecule has 3 aromatic rings. The fourth-order valence-corrected chi connectivity index (χ4v) is 5.04. The molecule has 4 N–H and O–H groups in total. The first-order valence-electron chi connectivity index (χ1n) is 9.91. The van der Waals surface area contributed by atoms with E-state index in [1.165, 1.54) is 34.0 Å². The van der Waals surface area contributed by atoms with Gasteiger partial charge in [-0.2, -0.15) is 0 Å². The highest BCUT2D eigenvalue weighted by Crippen LogP contribution is 2.42. The summed E-state index contributed by atoms with van der Waals surface area (Å²) in [5, 5.41) is 40.9. The van der Waals surface area contributed by atoms with Gasteiger partial charge >= 0.3 is 0 Å². The van der Waals surface area contributed by atoms with Crippen LogP contribution in [0.25, 0.3) is 10.9 Å². The van der Waals surface area contributed by atoms with E-state index in [2.05, 4.69) is 6.92 Å². The molecule has 2 heterocycles. The van der Waals surface area contributed by atoms with E-state index in [0.717, 1.165) is 11.3 Å². The van der Waals surface area contributed by atoms with Gasteiger partial charge in [0.1, 0.15) is 30.2 Å². The zero-order valence-electron chi connectivity index (χ0n) is 16.7. The molecule has 1 aromatic heterocycles. The Hall–Kier alpha value is -1.65. The Kier molecular flexibility index (Phi) is 6.60. The molecule has 0 saturated carbocycles. The van der Waals surface area contributed by atoms with Gasteiger partial charge < -0.3 is 29.7 Å². The average molecular weight is 468 g/mol. The molecule has 0 radical (unpaired) electrons. The van der Waals surface area contributed by atoms with Crippen LogP contribution in [0, 0.1) is 5.82 Å². The number of rotatable bonds is 5. The summed E-state index contributed by atoms with van der Waals surface area (Å²) < 4.78 is 22.0. The van der Waals surface area contributed by atoms with Crippen LogP contribution in [0.4, 0.5) is 4.39 Å². The number of ether oxygens (including phenoxy) is 1. The summed E-state index contributed by atoms with van der Waals surface area (Å²) in [5.74, 6) is -0.490. The molecular formula is C22H23ClFNO5S. The SMILES string of the molecule is CCc1ccc(Sc2cn([C@@H]3O[C@H](CO)[C@@H](O)[C@H](O)[C@H]3O)c3c(Cl)ccc(F)c23)cc1. The quantitative estimate of drug-likeness (QED) is 0.460. The number of nitrogens with zero attached hydrogens (tertiary/aromatic N) is 1. The van der Waals surface area contributed by atoms with Gasteiger partial charge in [-0.25, -0.2) is 4.39 Å². The molecule has 0 bridgehead atoms. The molecule has 0 aliphatic carbocycles. The number of aliphatic hydroxyl groups excluding tert-OH is 4. The lowest BCUT2D eigenvalue weighted by molar-refractivity contribution is -0.250. The van der Waals surface area contributed by atoms with Crippen LogP contribution >= 0.6 is 23.4 Å². The van der Waals surface area contributed by atoms with Crippen molar-refractivity contribution in [3.8, 4) is 0 Å². The van der Waals surface area contributed by atoms with Crippen LogP contribution in [0.2, 0.25) is 5.02 Å². The smallest absolute Gasteiger partial charge is 0.163 e. The van der Waals surface area contributed by atoms with Crippen LogP contribution in [0.5, 0.6) is 0 Å². The second-order valence-electron chi connectivity index (χ2n) is 7.47. The zero-order chi connectivity index (χ0) is 22.3. The molecule has 4 rings (SSSR count). The number of benzene rings is 2. The second-order valence-corrected chi connectivity index (χ2v) is 9.00. The van der Waals surface area contributed by atoms with Crippen LogP contribution in [0.3, 0.4) is 0 Å². The molecule has 1 fully saturated rings. The third-order valence-corrected chi connectivity index (χ3v) is 6.88. The Labute approximate surface area is 187 Å². The molecule has 1 aliphatic rings. The molecule has 1 aliphatic heterocycles. The van der Waals surface area contributed by atoms with Gasteiger partial charge in [-0.1, -0.05) is 42.4 Å². The third kappa shape index (κ3) is 4.09. The lowest BCUT2D eigenvalue weighted by Crippen LogP contribution is -2.56. The lowest BCUT2D eigenvalue weighted by atomic mass is 9.98. The van der Waals surface area contributed by atoms with E-state index in [0.29, 0.717) is 10.4 Å². The maximum Gasteiger partial charge on any atom is 0.163 e. The molecular weight excluding hydrogens is 445 g/mol. The minimum atomic E-state index is -1.56. The Balaban J connectivity index is 1.81. The van der Waals surface area contributed by atoms with Crippen LogP contribution in [0.15, 0.2) is 52.4 Å². The van der Waals surface area contributed by atoms with Crippen molar-refractivity contribution in [1.82, 2.24) is 4.57 Å². The van der Waals surface area contributed by atoms with E-state index in [4.69, 9.17) is 16.3 Å². The Morgan fingerprint density at radius 1 is 1.06 bits per heavy atom. The normalized spacial score (nSPS) is 26.5. The van der Waals surface area contributed by atoms with Crippen molar-refractivity contribution in [3.05, 3.63) is 59.0 Å². The zero-order valence-corrected chi connectivity index (χ0v) is 18.2. The van der Waals surface area contributed by atoms with Gasteiger partial charge in [0.2, 0.25) is 0 Å². The average Bonchev–Trinajstić information content (AvgIpc) is 3.15. The summed E-state index contributed by atoms with van der Waals surface area (Å²) in [7, 11) is 0.